The van der Waals surface area contributed by atoms with Crippen LogP contribution < -0.4 is 0 Å². The van der Waals surface area contributed by atoms with Gasteiger partial charge in [0.25, 0.3) is 0 Å². The molecule has 1 fully saturated rings. The molecule has 1 aliphatic carbocycles. The lowest BCUT2D eigenvalue weighted by atomic mass is 9.78. The summed E-state index contributed by atoms with van der Waals surface area (Å²) in [5.74, 6) is 0.807. The molecule has 0 N–H and O–H groups in total. The molecule has 1 saturated carbocycles. The molecular formula is C15H32O2Si. The Balaban J connectivity index is 2.79. The zero-order valence-corrected chi connectivity index (χ0v) is 14.2. The van der Waals surface area contributed by atoms with E-state index in [9.17, 15) is 0 Å². The van der Waals surface area contributed by atoms with Crippen molar-refractivity contribution >= 4 is 9.28 Å². The average molecular weight is 273 g/mol. The number of hydrogen-bond acceptors (Lipinski definition) is 2. The van der Waals surface area contributed by atoms with Crippen molar-refractivity contribution in [2.45, 2.75) is 71.3 Å². The highest BCUT2D eigenvalue weighted by atomic mass is 28.3. The third-order valence-electron chi connectivity index (χ3n) is 4.42. The Bertz CT molecular complexity index is 213. The largest absolute Gasteiger partial charge is 0.400 e. The van der Waals surface area contributed by atoms with Crippen molar-refractivity contribution in [3.05, 3.63) is 0 Å². The van der Waals surface area contributed by atoms with Crippen LogP contribution >= 0.6 is 0 Å². The highest BCUT2D eigenvalue weighted by molar-refractivity contribution is 6.46. The van der Waals surface area contributed by atoms with Crippen molar-refractivity contribution in [1.29, 1.82) is 0 Å². The Morgan fingerprint density at radius 2 is 1.33 bits per heavy atom. The van der Waals surface area contributed by atoms with Gasteiger partial charge >= 0.3 is 9.28 Å². The topological polar surface area (TPSA) is 18.5 Å². The highest BCUT2D eigenvalue weighted by Crippen LogP contribution is 2.45. The standard InChI is InChI=1S/C15H32O2Si/c1-15(2,3)14(18(16-4)17-5)13-11-9-7-6-8-10-12-13/h13-14,18H,6-12H2,1-5H3. The van der Waals surface area contributed by atoms with E-state index in [0.717, 1.165) is 5.92 Å². The summed E-state index contributed by atoms with van der Waals surface area (Å²) in [7, 11) is 2.13. The molecule has 3 heteroatoms. The maximum absolute atomic E-state index is 5.73. The zero-order chi connectivity index (χ0) is 13.6. The lowest BCUT2D eigenvalue weighted by molar-refractivity contribution is 0.177. The lowest BCUT2D eigenvalue weighted by Crippen LogP contribution is -2.39. The molecule has 18 heavy (non-hydrogen) atoms. The fraction of sp³-hybridized carbons (Fsp3) is 1.00. The van der Waals surface area contributed by atoms with Gasteiger partial charge in [-0.25, -0.2) is 0 Å². The van der Waals surface area contributed by atoms with Crippen molar-refractivity contribution in [2.75, 3.05) is 14.2 Å². The second kappa shape index (κ2) is 7.66. The Morgan fingerprint density at radius 3 is 1.72 bits per heavy atom. The third-order valence-corrected chi connectivity index (χ3v) is 7.48. The van der Waals surface area contributed by atoms with E-state index in [2.05, 4.69) is 20.8 Å². The van der Waals surface area contributed by atoms with E-state index in [1.165, 1.54) is 44.9 Å². The zero-order valence-electron chi connectivity index (χ0n) is 13.0. The molecule has 0 radical (unpaired) electrons. The molecule has 1 atom stereocenters. The van der Waals surface area contributed by atoms with Gasteiger partial charge in [0.2, 0.25) is 0 Å². The van der Waals surface area contributed by atoms with Crippen LogP contribution in [0.1, 0.15) is 65.7 Å². The van der Waals surface area contributed by atoms with Crippen molar-refractivity contribution in [3.63, 3.8) is 0 Å². The van der Waals surface area contributed by atoms with Crippen LogP contribution in [0.25, 0.3) is 0 Å². The first-order valence-electron chi connectivity index (χ1n) is 7.56. The van der Waals surface area contributed by atoms with Gasteiger partial charge in [-0.2, -0.15) is 0 Å². The van der Waals surface area contributed by atoms with Gasteiger partial charge in [-0.1, -0.05) is 65.7 Å². The summed E-state index contributed by atoms with van der Waals surface area (Å²) in [6.07, 6.45) is 9.80. The van der Waals surface area contributed by atoms with E-state index >= 15 is 0 Å². The van der Waals surface area contributed by atoms with E-state index < -0.39 is 9.28 Å². The van der Waals surface area contributed by atoms with Gasteiger partial charge in [-0.3, -0.25) is 0 Å². The van der Waals surface area contributed by atoms with Crippen LogP contribution in [0.3, 0.4) is 0 Å². The van der Waals surface area contributed by atoms with Crippen LogP contribution in [-0.2, 0) is 8.85 Å². The molecular weight excluding hydrogens is 240 g/mol. The quantitative estimate of drug-likeness (QED) is 0.711. The van der Waals surface area contributed by atoms with E-state index in [1.807, 2.05) is 14.2 Å². The fourth-order valence-electron chi connectivity index (χ4n) is 3.57. The summed E-state index contributed by atoms with van der Waals surface area (Å²) in [5.41, 5.74) is 0.929. The maximum Gasteiger partial charge on any atom is 0.324 e. The normalized spacial score (nSPS) is 21.7. The van der Waals surface area contributed by atoms with Gasteiger partial charge in [-0.15, -0.1) is 0 Å². The minimum atomic E-state index is -1.54. The molecule has 1 unspecified atom stereocenters. The van der Waals surface area contributed by atoms with Gasteiger partial charge in [0.05, 0.1) is 0 Å². The van der Waals surface area contributed by atoms with E-state index in [1.54, 1.807) is 0 Å². The molecule has 0 aromatic heterocycles. The number of rotatable bonds is 4. The van der Waals surface area contributed by atoms with Crippen LogP contribution in [0.2, 0.25) is 5.54 Å². The monoisotopic (exact) mass is 272 g/mol. The summed E-state index contributed by atoms with van der Waals surface area (Å²) >= 11 is 0. The van der Waals surface area contributed by atoms with Crippen molar-refractivity contribution in [3.8, 4) is 0 Å². The Morgan fingerprint density at radius 1 is 0.889 bits per heavy atom. The molecule has 1 rings (SSSR count). The third kappa shape index (κ3) is 4.67. The maximum atomic E-state index is 5.73. The molecule has 0 amide bonds. The molecule has 0 aromatic carbocycles. The first-order valence-corrected chi connectivity index (χ1v) is 9.17. The average Bonchev–Trinajstić information content (AvgIpc) is 2.25. The Kier molecular flexibility index (Phi) is 6.89. The Hall–Kier alpha value is 0.137. The lowest BCUT2D eigenvalue weighted by Gasteiger charge is -2.40. The second-order valence-corrected chi connectivity index (χ2v) is 9.23. The van der Waals surface area contributed by atoms with Crippen LogP contribution in [0.4, 0.5) is 0 Å². The minimum Gasteiger partial charge on any atom is -0.400 e. The molecule has 0 aliphatic heterocycles. The molecule has 0 heterocycles. The second-order valence-electron chi connectivity index (χ2n) is 6.84. The van der Waals surface area contributed by atoms with E-state index in [-0.39, 0.29) is 0 Å². The van der Waals surface area contributed by atoms with Gasteiger partial charge in [0, 0.05) is 19.8 Å². The predicted molar refractivity (Wildman–Crippen MR) is 80.2 cm³/mol. The summed E-state index contributed by atoms with van der Waals surface area (Å²) in [4.78, 5) is 0. The van der Waals surface area contributed by atoms with Crippen molar-refractivity contribution in [1.82, 2.24) is 0 Å². The molecule has 0 bridgehead atoms. The molecule has 0 saturated heterocycles. The van der Waals surface area contributed by atoms with Crippen LogP contribution in [0.15, 0.2) is 0 Å². The first kappa shape index (κ1) is 16.2. The first-order chi connectivity index (χ1) is 8.50. The summed E-state index contributed by atoms with van der Waals surface area (Å²) in [6, 6.07) is 0. The van der Waals surface area contributed by atoms with E-state index in [4.69, 9.17) is 8.85 Å². The SMILES string of the molecule is CO[SiH](OC)C(C1CCCCCCC1)C(C)(C)C. The predicted octanol–water partition coefficient (Wildman–Crippen LogP) is 4.28. The van der Waals surface area contributed by atoms with Crippen molar-refractivity contribution < 1.29 is 8.85 Å². The summed E-state index contributed by atoms with van der Waals surface area (Å²) in [6.45, 7) is 7.07. The minimum absolute atomic E-state index is 0.298. The fourth-order valence-corrected chi connectivity index (χ4v) is 6.00. The molecule has 1 aliphatic rings. The van der Waals surface area contributed by atoms with Gasteiger partial charge in [-0.05, 0) is 11.3 Å². The van der Waals surface area contributed by atoms with Crippen LogP contribution in [-0.4, -0.2) is 23.5 Å². The Labute approximate surface area is 115 Å². The smallest absolute Gasteiger partial charge is 0.324 e. The highest BCUT2D eigenvalue weighted by Gasteiger charge is 2.40. The molecule has 108 valence electrons. The van der Waals surface area contributed by atoms with Gasteiger partial charge < -0.3 is 8.85 Å². The van der Waals surface area contributed by atoms with Gasteiger partial charge in [0.1, 0.15) is 0 Å². The molecule has 0 spiro atoms. The summed E-state index contributed by atoms with van der Waals surface area (Å²) < 4.78 is 11.5. The van der Waals surface area contributed by atoms with Gasteiger partial charge in [0.15, 0.2) is 0 Å². The summed E-state index contributed by atoms with van der Waals surface area (Å²) in [5, 5.41) is 0. The van der Waals surface area contributed by atoms with Crippen LogP contribution in [0, 0.1) is 11.3 Å². The molecule has 0 aromatic rings. The van der Waals surface area contributed by atoms with Crippen LogP contribution in [0.5, 0.6) is 0 Å². The van der Waals surface area contributed by atoms with E-state index in [0.29, 0.717) is 11.0 Å². The number of hydrogen-bond donors (Lipinski definition) is 0. The molecule has 2 nitrogen and oxygen atoms in total. The van der Waals surface area contributed by atoms with Crippen molar-refractivity contribution in [2.24, 2.45) is 11.3 Å².